The highest BCUT2D eigenvalue weighted by Gasteiger charge is 2.24. The zero-order chi connectivity index (χ0) is 14.7. The van der Waals surface area contributed by atoms with Gasteiger partial charge in [0.1, 0.15) is 0 Å². The predicted molar refractivity (Wildman–Crippen MR) is 81.4 cm³/mol. The van der Waals surface area contributed by atoms with E-state index < -0.39 is 0 Å². The van der Waals surface area contributed by atoms with E-state index in [1.54, 1.807) is 0 Å². The molecule has 0 amide bonds. The summed E-state index contributed by atoms with van der Waals surface area (Å²) in [6, 6.07) is 9.76. The van der Waals surface area contributed by atoms with Gasteiger partial charge in [0.2, 0.25) is 5.16 Å². The van der Waals surface area contributed by atoms with E-state index in [0.717, 1.165) is 23.6 Å². The molecule has 110 valence electrons. The number of Topliss-reactive ketones (excluding diaryl/α,β-unsaturated/α-hetero) is 1. The quantitative estimate of drug-likeness (QED) is 0.627. The van der Waals surface area contributed by atoms with Crippen LogP contribution in [0.5, 0.6) is 0 Å². The van der Waals surface area contributed by atoms with Crippen molar-refractivity contribution >= 4 is 17.5 Å². The smallest absolute Gasteiger partial charge is 0.210 e. The summed E-state index contributed by atoms with van der Waals surface area (Å²) in [5.74, 6) is 0.113. The van der Waals surface area contributed by atoms with Crippen LogP contribution in [0, 0.1) is 0 Å². The molecule has 1 aliphatic carbocycles. The minimum Gasteiger partial charge on any atom is -0.293 e. The van der Waals surface area contributed by atoms with E-state index in [1.807, 2.05) is 41.9 Å². The van der Waals surface area contributed by atoms with Gasteiger partial charge in [-0.1, -0.05) is 54.9 Å². The average molecular weight is 302 g/mol. The largest absolute Gasteiger partial charge is 0.293 e. The average Bonchev–Trinajstić information content (AvgIpc) is 3.18. The Balaban J connectivity index is 1.72. The molecular weight excluding hydrogens is 284 g/mol. The summed E-state index contributed by atoms with van der Waals surface area (Å²) in [5, 5.41) is 12.5. The molecule has 0 radical (unpaired) electrons. The summed E-state index contributed by atoms with van der Waals surface area (Å²) in [5.41, 5.74) is 0.734. The van der Waals surface area contributed by atoms with E-state index in [0.29, 0.717) is 6.04 Å². The van der Waals surface area contributed by atoms with Crippen molar-refractivity contribution in [2.75, 3.05) is 0 Å². The van der Waals surface area contributed by atoms with Gasteiger partial charge < -0.3 is 0 Å². The maximum Gasteiger partial charge on any atom is 0.210 e. The van der Waals surface area contributed by atoms with Gasteiger partial charge in [-0.25, -0.2) is 4.68 Å². The van der Waals surface area contributed by atoms with Crippen LogP contribution >= 0.6 is 11.8 Å². The van der Waals surface area contributed by atoms with Gasteiger partial charge in [0.15, 0.2) is 5.78 Å². The van der Waals surface area contributed by atoms with Crippen LogP contribution < -0.4 is 0 Å². The minimum atomic E-state index is -0.196. The lowest BCUT2D eigenvalue weighted by Crippen LogP contribution is -2.16. The number of tetrazole rings is 1. The molecule has 6 heteroatoms. The number of hydrogen-bond acceptors (Lipinski definition) is 5. The Morgan fingerprint density at radius 2 is 2.00 bits per heavy atom. The van der Waals surface area contributed by atoms with Crippen LogP contribution in [0.15, 0.2) is 35.5 Å². The van der Waals surface area contributed by atoms with Crippen LogP contribution in [0.25, 0.3) is 0 Å². The van der Waals surface area contributed by atoms with E-state index in [1.165, 1.54) is 24.6 Å². The lowest BCUT2D eigenvalue weighted by molar-refractivity contribution is 0.0994. The zero-order valence-electron chi connectivity index (χ0n) is 12.0. The third-order valence-electron chi connectivity index (χ3n) is 3.84. The maximum atomic E-state index is 12.4. The molecule has 1 saturated carbocycles. The topological polar surface area (TPSA) is 60.7 Å². The molecule has 1 fully saturated rings. The number of aromatic nitrogens is 4. The van der Waals surface area contributed by atoms with Gasteiger partial charge in [0, 0.05) is 5.56 Å². The van der Waals surface area contributed by atoms with Crippen molar-refractivity contribution in [1.29, 1.82) is 0 Å². The molecule has 1 unspecified atom stereocenters. The van der Waals surface area contributed by atoms with Gasteiger partial charge >= 0.3 is 0 Å². The highest BCUT2D eigenvalue weighted by atomic mass is 32.2. The summed E-state index contributed by atoms with van der Waals surface area (Å²) in [4.78, 5) is 12.4. The number of thioether (sulfide) groups is 1. The fraction of sp³-hybridized carbons (Fsp3) is 0.467. The van der Waals surface area contributed by atoms with Crippen LogP contribution in [0.4, 0.5) is 0 Å². The molecule has 1 atom stereocenters. The Hall–Kier alpha value is -1.69. The van der Waals surface area contributed by atoms with Crippen LogP contribution in [0.2, 0.25) is 0 Å². The van der Waals surface area contributed by atoms with E-state index >= 15 is 0 Å². The molecule has 1 heterocycles. The third-order valence-corrected chi connectivity index (χ3v) is 4.89. The Morgan fingerprint density at radius 3 is 2.71 bits per heavy atom. The molecule has 0 N–H and O–H groups in total. The van der Waals surface area contributed by atoms with Crippen molar-refractivity contribution in [3.05, 3.63) is 35.9 Å². The number of rotatable bonds is 5. The predicted octanol–water partition coefficient (Wildman–Crippen LogP) is 3.15. The Kier molecular flexibility index (Phi) is 4.34. The lowest BCUT2D eigenvalue weighted by Gasteiger charge is -2.13. The van der Waals surface area contributed by atoms with Crippen molar-refractivity contribution in [3.63, 3.8) is 0 Å². The van der Waals surface area contributed by atoms with Gasteiger partial charge in [0.05, 0.1) is 11.3 Å². The molecule has 0 saturated heterocycles. The van der Waals surface area contributed by atoms with Gasteiger partial charge in [0.25, 0.3) is 0 Å². The van der Waals surface area contributed by atoms with E-state index in [4.69, 9.17) is 0 Å². The van der Waals surface area contributed by atoms with Gasteiger partial charge in [-0.2, -0.15) is 0 Å². The maximum absolute atomic E-state index is 12.4. The summed E-state index contributed by atoms with van der Waals surface area (Å²) >= 11 is 1.44. The van der Waals surface area contributed by atoms with Crippen molar-refractivity contribution < 1.29 is 4.79 Å². The summed E-state index contributed by atoms with van der Waals surface area (Å²) in [6.45, 7) is 1.91. The molecule has 0 bridgehead atoms. The van der Waals surface area contributed by atoms with E-state index in [-0.39, 0.29) is 11.0 Å². The molecule has 0 aliphatic heterocycles. The number of hydrogen-bond donors (Lipinski definition) is 0. The van der Waals surface area contributed by atoms with Gasteiger partial charge in [-0.05, 0) is 30.2 Å². The first-order valence-corrected chi connectivity index (χ1v) is 8.17. The SMILES string of the molecule is CC(Sc1nnnn1C1CCCC1)C(=O)c1ccccc1. The Bertz CT molecular complexity index is 607. The molecule has 1 aromatic heterocycles. The molecule has 0 spiro atoms. The lowest BCUT2D eigenvalue weighted by atomic mass is 10.1. The highest BCUT2D eigenvalue weighted by molar-refractivity contribution is 8.00. The number of nitrogens with zero attached hydrogens (tertiary/aromatic N) is 4. The Morgan fingerprint density at radius 1 is 1.29 bits per heavy atom. The highest BCUT2D eigenvalue weighted by Crippen LogP contribution is 2.32. The molecular formula is C15H18N4OS. The minimum absolute atomic E-state index is 0.113. The van der Waals surface area contributed by atoms with Crippen molar-refractivity contribution in [3.8, 4) is 0 Å². The van der Waals surface area contributed by atoms with Crippen molar-refractivity contribution in [2.45, 2.75) is 49.1 Å². The molecule has 3 rings (SSSR count). The first-order valence-electron chi connectivity index (χ1n) is 7.29. The molecule has 5 nitrogen and oxygen atoms in total. The van der Waals surface area contributed by atoms with Crippen LogP contribution in [-0.4, -0.2) is 31.2 Å². The summed E-state index contributed by atoms with van der Waals surface area (Å²) in [6.07, 6.45) is 4.71. The normalized spacial score (nSPS) is 17.0. The second-order valence-corrected chi connectivity index (χ2v) is 6.64. The van der Waals surface area contributed by atoms with Gasteiger partial charge in [-0.15, -0.1) is 5.10 Å². The monoisotopic (exact) mass is 302 g/mol. The van der Waals surface area contributed by atoms with E-state index in [9.17, 15) is 4.79 Å². The fourth-order valence-electron chi connectivity index (χ4n) is 2.69. The van der Waals surface area contributed by atoms with Crippen LogP contribution in [0.3, 0.4) is 0 Å². The number of carbonyl (C=O) groups is 1. The second kappa shape index (κ2) is 6.39. The number of benzene rings is 1. The standard InChI is InChI=1S/C15H18N4OS/c1-11(14(20)12-7-3-2-4-8-12)21-15-16-17-18-19(15)13-9-5-6-10-13/h2-4,7-8,11,13H,5-6,9-10H2,1H3. The van der Waals surface area contributed by atoms with Crippen molar-refractivity contribution in [2.24, 2.45) is 0 Å². The summed E-state index contributed by atoms with van der Waals surface area (Å²) < 4.78 is 1.90. The van der Waals surface area contributed by atoms with E-state index in [2.05, 4.69) is 15.5 Å². The third kappa shape index (κ3) is 3.15. The molecule has 2 aromatic rings. The zero-order valence-corrected chi connectivity index (χ0v) is 12.8. The molecule has 21 heavy (non-hydrogen) atoms. The fourth-order valence-corrected chi connectivity index (χ4v) is 3.63. The molecule has 1 aliphatic rings. The Labute approximate surface area is 128 Å². The number of carbonyl (C=O) groups excluding carboxylic acids is 1. The number of ketones is 1. The second-order valence-electron chi connectivity index (χ2n) is 5.33. The van der Waals surface area contributed by atoms with Gasteiger partial charge in [-0.3, -0.25) is 4.79 Å². The molecule has 1 aromatic carbocycles. The summed E-state index contributed by atoms with van der Waals surface area (Å²) in [7, 11) is 0. The first kappa shape index (κ1) is 14.3. The van der Waals surface area contributed by atoms with Crippen LogP contribution in [-0.2, 0) is 0 Å². The first-order chi connectivity index (χ1) is 10.3. The van der Waals surface area contributed by atoms with Crippen molar-refractivity contribution in [1.82, 2.24) is 20.2 Å². The van der Waals surface area contributed by atoms with Crippen LogP contribution in [0.1, 0.15) is 49.0 Å².